The van der Waals surface area contributed by atoms with E-state index in [-0.39, 0.29) is 30.0 Å². The Morgan fingerprint density at radius 1 is 1.45 bits per heavy atom. The van der Waals surface area contributed by atoms with Crippen molar-refractivity contribution in [1.82, 2.24) is 0 Å². The predicted octanol–water partition coefficient (Wildman–Crippen LogP) is 3.16. The standard InChI is InChI=1S/C14H18F2N2O4/c15-14(16)22-13-8-10(18(20)21)4-5-12(13)17-11-3-1-2-9(11)6-7-19/h4-5,8-9,11,14,17,19H,1-3,6-7H2. The number of hydrogen-bond donors (Lipinski definition) is 2. The highest BCUT2D eigenvalue weighted by Crippen LogP contribution is 2.36. The normalized spacial score (nSPS) is 21.1. The molecule has 0 heterocycles. The van der Waals surface area contributed by atoms with Crippen molar-refractivity contribution in [3.05, 3.63) is 28.3 Å². The number of aliphatic hydroxyl groups is 1. The van der Waals surface area contributed by atoms with Gasteiger partial charge >= 0.3 is 6.61 Å². The Kier molecular flexibility index (Phi) is 5.48. The summed E-state index contributed by atoms with van der Waals surface area (Å²) in [6.07, 6.45) is 3.43. The minimum Gasteiger partial charge on any atom is -0.432 e. The van der Waals surface area contributed by atoms with E-state index in [0.29, 0.717) is 12.1 Å². The van der Waals surface area contributed by atoms with Crippen molar-refractivity contribution >= 4 is 11.4 Å². The molecule has 1 aliphatic carbocycles. The number of ether oxygens (including phenoxy) is 1. The van der Waals surface area contributed by atoms with Crippen LogP contribution in [0.5, 0.6) is 5.75 Å². The molecule has 6 nitrogen and oxygen atoms in total. The van der Waals surface area contributed by atoms with Crippen LogP contribution in [0.1, 0.15) is 25.7 Å². The van der Waals surface area contributed by atoms with Gasteiger partial charge in [-0.2, -0.15) is 8.78 Å². The van der Waals surface area contributed by atoms with Gasteiger partial charge in [0.25, 0.3) is 5.69 Å². The summed E-state index contributed by atoms with van der Waals surface area (Å²) >= 11 is 0. The number of rotatable bonds is 7. The molecule has 1 fully saturated rings. The fraction of sp³-hybridized carbons (Fsp3) is 0.571. The molecule has 122 valence electrons. The van der Waals surface area contributed by atoms with Crippen LogP contribution in [-0.4, -0.2) is 29.3 Å². The second-order valence-corrected chi connectivity index (χ2v) is 5.27. The molecule has 0 radical (unpaired) electrons. The van der Waals surface area contributed by atoms with Crippen molar-refractivity contribution in [3.8, 4) is 5.75 Å². The number of anilines is 1. The van der Waals surface area contributed by atoms with Crippen LogP contribution in [0.3, 0.4) is 0 Å². The largest absolute Gasteiger partial charge is 0.432 e. The van der Waals surface area contributed by atoms with Crippen molar-refractivity contribution < 1.29 is 23.5 Å². The second-order valence-electron chi connectivity index (χ2n) is 5.27. The van der Waals surface area contributed by atoms with Gasteiger partial charge in [0.1, 0.15) is 0 Å². The lowest BCUT2D eigenvalue weighted by Gasteiger charge is -2.23. The quantitative estimate of drug-likeness (QED) is 0.596. The minimum absolute atomic E-state index is 0.0358. The molecule has 2 N–H and O–H groups in total. The van der Waals surface area contributed by atoms with Crippen molar-refractivity contribution in [2.45, 2.75) is 38.3 Å². The predicted molar refractivity (Wildman–Crippen MR) is 76.2 cm³/mol. The van der Waals surface area contributed by atoms with Gasteiger partial charge < -0.3 is 15.2 Å². The number of halogens is 2. The molecule has 0 bridgehead atoms. The fourth-order valence-electron chi connectivity index (χ4n) is 2.88. The third-order valence-electron chi connectivity index (χ3n) is 3.89. The molecule has 0 aliphatic heterocycles. The molecule has 0 amide bonds. The van der Waals surface area contributed by atoms with Gasteiger partial charge in [-0.3, -0.25) is 10.1 Å². The van der Waals surface area contributed by atoms with Crippen LogP contribution in [0.25, 0.3) is 0 Å². The van der Waals surface area contributed by atoms with Crippen molar-refractivity contribution in [1.29, 1.82) is 0 Å². The average molecular weight is 316 g/mol. The number of non-ortho nitro benzene ring substituents is 1. The van der Waals surface area contributed by atoms with E-state index in [2.05, 4.69) is 10.1 Å². The first-order valence-corrected chi connectivity index (χ1v) is 7.12. The van der Waals surface area contributed by atoms with Crippen LogP contribution >= 0.6 is 0 Å². The van der Waals surface area contributed by atoms with Gasteiger partial charge in [-0.05, 0) is 31.2 Å². The highest BCUT2D eigenvalue weighted by molar-refractivity contribution is 5.61. The molecule has 1 aromatic rings. The maximum Gasteiger partial charge on any atom is 0.387 e. The van der Waals surface area contributed by atoms with Crippen LogP contribution in [0.4, 0.5) is 20.2 Å². The van der Waals surface area contributed by atoms with Crippen molar-refractivity contribution in [2.75, 3.05) is 11.9 Å². The maximum atomic E-state index is 12.5. The Bertz CT molecular complexity index is 528. The first-order valence-electron chi connectivity index (χ1n) is 7.12. The zero-order valence-electron chi connectivity index (χ0n) is 11.9. The van der Waals surface area contributed by atoms with E-state index in [1.807, 2.05) is 0 Å². The highest BCUT2D eigenvalue weighted by atomic mass is 19.3. The smallest absolute Gasteiger partial charge is 0.387 e. The average Bonchev–Trinajstić information content (AvgIpc) is 2.87. The molecule has 0 saturated heterocycles. The second kappa shape index (κ2) is 7.35. The number of nitrogens with zero attached hydrogens (tertiary/aromatic N) is 1. The molecule has 8 heteroatoms. The number of nitrogens with one attached hydrogen (secondary N) is 1. The Balaban J connectivity index is 2.19. The van der Waals surface area contributed by atoms with E-state index in [9.17, 15) is 18.9 Å². The molecule has 0 aromatic heterocycles. The molecule has 2 atom stereocenters. The van der Waals surface area contributed by atoms with Gasteiger partial charge in [-0.1, -0.05) is 6.42 Å². The zero-order valence-corrected chi connectivity index (χ0v) is 11.9. The summed E-state index contributed by atoms with van der Waals surface area (Å²) in [5, 5.41) is 22.9. The molecule has 2 rings (SSSR count). The number of hydrogen-bond acceptors (Lipinski definition) is 5. The van der Waals surface area contributed by atoms with E-state index in [1.54, 1.807) is 0 Å². The molecule has 1 saturated carbocycles. The van der Waals surface area contributed by atoms with Gasteiger partial charge in [0, 0.05) is 18.7 Å². The van der Waals surface area contributed by atoms with Crippen LogP contribution in [0, 0.1) is 16.0 Å². The molecule has 1 aliphatic rings. The number of nitro groups is 1. The summed E-state index contributed by atoms with van der Waals surface area (Å²) in [6, 6.07) is 3.65. The Morgan fingerprint density at radius 2 is 2.23 bits per heavy atom. The molecular weight excluding hydrogens is 298 g/mol. The zero-order chi connectivity index (χ0) is 16.1. The van der Waals surface area contributed by atoms with Gasteiger partial charge in [0.05, 0.1) is 16.7 Å². The van der Waals surface area contributed by atoms with E-state index in [4.69, 9.17) is 5.11 Å². The van der Waals surface area contributed by atoms with Gasteiger partial charge in [0.2, 0.25) is 0 Å². The highest BCUT2D eigenvalue weighted by Gasteiger charge is 2.28. The first kappa shape index (κ1) is 16.4. The minimum atomic E-state index is -3.06. The van der Waals surface area contributed by atoms with E-state index in [0.717, 1.165) is 25.3 Å². The van der Waals surface area contributed by atoms with Crippen LogP contribution in [-0.2, 0) is 0 Å². The lowest BCUT2D eigenvalue weighted by atomic mass is 9.99. The Morgan fingerprint density at radius 3 is 2.86 bits per heavy atom. The Hall–Kier alpha value is -1.96. The third kappa shape index (κ3) is 4.03. The summed E-state index contributed by atoms with van der Waals surface area (Å²) in [7, 11) is 0. The fourth-order valence-corrected chi connectivity index (χ4v) is 2.88. The van der Waals surface area contributed by atoms with Gasteiger partial charge in [0.15, 0.2) is 5.75 Å². The summed E-state index contributed by atoms with van der Waals surface area (Å²) in [5.74, 6) is 0.0124. The lowest BCUT2D eigenvalue weighted by molar-refractivity contribution is -0.385. The van der Waals surface area contributed by atoms with Crippen LogP contribution in [0.2, 0.25) is 0 Å². The van der Waals surface area contributed by atoms with Crippen LogP contribution in [0.15, 0.2) is 18.2 Å². The summed E-state index contributed by atoms with van der Waals surface area (Å²) in [4.78, 5) is 10.1. The van der Waals surface area contributed by atoms with Gasteiger partial charge in [-0.15, -0.1) is 0 Å². The van der Waals surface area contributed by atoms with E-state index < -0.39 is 11.5 Å². The molecule has 0 spiro atoms. The van der Waals surface area contributed by atoms with Crippen molar-refractivity contribution in [3.63, 3.8) is 0 Å². The molecule has 1 aromatic carbocycles. The topological polar surface area (TPSA) is 84.6 Å². The SMILES string of the molecule is O=[N+]([O-])c1ccc(NC2CCCC2CCO)c(OC(F)F)c1. The van der Waals surface area contributed by atoms with Crippen molar-refractivity contribution in [2.24, 2.45) is 5.92 Å². The third-order valence-corrected chi connectivity index (χ3v) is 3.89. The number of aliphatic hydroxyl groups excluding tert-OH is 1. The van der Waals surface area contributed by atoms with Crippen LogP contribution < -0.4 is 10.1 Å². The summed E-state index contributed by atoms with van der Waals surface area (Å²) < 4.78 is 29.4. The number of benzene rings is 1. The van der Waals surface area contributed by atoms with E-state index in [1.165, 1.54) is 12.1 Å². The number of alkyl halides is 2. The number of nitro benzene ring substituents is 1. The lowest BCUT2D eigenvalue weighted by Crippen LogP contribution is -2.25. The monoisotopic (exact) mass is 316 g/mol. The molecule has 2 unspecified atom stereocenters. The van der Waals surface area contributed by atoms with Gasteiger partial charge in [-0.25, -0.2) is 0 Å². The summed E-state index contributed by atoms with van der Waals surface area (Å²) in [6.45, 7) is -2.98. The van der Waals surface area contributed by atoms with E-state index >= 15 is 0 Å². The maximum absolute atomic E-state index is 12.5. The Labute approximate surface area is 126 Å². The molecular formula is C14H18F2N2O4. The molecule has 22 heavy (non-hydrogen) atoms. The first-order chi connectivity index (χ1) is 10.5. The summed E-state index contributed by atoms with van der Waals surface area (Å²) in [5.41, 5.74) is 0.000250.